The lowest BCUT2D eigenvalue weighted by atomic mass is 9.97. The molecule has 1 N–H and O–H groups in total. The van der Waals surface area contributed by atoms with Crippen LogP contribution in [0, 0.1) is 11.7 Å². The SMILES string of the molecule is Fc1ccc2c(c1)CC(C1CN=CN1)C2. The number of rotatable bonds is 1. The highest BCUT2D eigenvalue weighted by Gasteiger charge is 2.29. The van der Waals surface area contributed by atoms with Gasteiger partial charge in [0.1, 0.15) is 5.82 Å². The molecule has 0 radical (unpaired) electrons. The highest BCUT2D eigenvalue weighted by atomic mass is 19.1. The first-order chi connectivity index (χ1) is 7.33. The van der Waals surface area contributed by atoms with Gasteiger partial charge in [-0.1, -0.05) is 6.07 Å². The van der Waals surface area contributed by atoms with Crippen molar-refractivity contribution in [3.05, 3.63) is 35.1 Å². The predicted molar refractivity (Wildman–Crippen MR) is 57.6 cm³/mol. The van der Waals surface area contributed by atoms with Crippen LogP contribution in [0.15, 0.2) is 23.2 Å². The number of benzene rings is 1. The second-order valence-electron chi connectivity index (χ2n) is 4.35. The van der Waals surface area contributed by atoms with Crippen LogP contribution < -0.4 is 5.32 Å². The summed E-state index contributed by atoms with van der Waals surface area (Å²) in [6.45, 7) is 0.862. The van der Waals surface area contributed by atoms with E-state index in [9.17, 15) is 4.39 Å². The fourth-order valence-electron chi connectivity index (χ4n) is 2.56. The second-order valence-corrected chi connectivity index (χ2v) is 4.35. The van der Waals surface area contributed by atoms with Crippen molar-refractivity contribution in [2.75, 3.05) is 6.54 Å². The Balaban J connectivity index is 1.80. The van der Waals surface area contributed by atoms with Crippen molar-refractivity contribution in [3.8, 4) is 0 Å². The molecule has 3 heteroatoms. The zero-order valence-corrected chi connectivity index (χ0v) is 8.41. The van der Waals surface area contributed by atoms with Gasteiger partial charge in [0.05, 0.1) is 12.9 Å². The lowest BCUT2D eigenvalue weighted by molar-refractivity contribution is 0.432. The molecule has 0 saturated carbocycles. The van der Waals surface area contributed by atoms with E-state index in [-0.39, 0.29) is 5.82 Å². The van der Waals surface area contributed by atoms with E-state index in [1.165, 1.54) is 11.1 Å². The number of aliphatic imine (C=N–C) groups is 1. The predicted octanol–water partition coefficient (Wildman–Crippen LogP) is 1.54. The Kier molecular flexibility index (Phi) is 1.97. The Bertz CT molecular complexity index is 406. The van der Waals surface area contributed by atoms with Gasteiger partial charge in [0.25, 0.3) is 0 Å². The van der Waals surface area contributed by atoms with Gasteiger partial charge in [-0.05, 0) is 42.0 Å². The van der Waals surface area contributed by atoms with Gasteiger partial charge < -0.3 is 5.32 Å². The van der Waals surface area contributed by atoms with E-state index in [0.29, 0.717) is 12.0 Å². The van der Waals surface area contributed by atoms with Gasteiger partial charge in [-0.25, -0.2) is 4.39 Å². The van der Waals surface area contributed by atoms with Crippen LogP contribution >= 0.6 is 0 Å². The lowest BCUT2D eigenvalue weighted by Crippen LogP contribution is -2.33. The zero-order chi connectivity index (χ0) is 10.3. The number of nitrogens with zero attached hydrogens (tertiary/aromatic N) is 1. The van der Waals surface area contributed by atoms with Crippen molar-refractivity contribution in [1.29, 1.82) is 0 Å². The van der Waals surface area contributed by atoms with Gasteiger partial charge in [-0.3, -0.25) is 4.99 Å². The Morgan fingerprint density at radius 3 is 2.93 bits per heavy atom. The summed E-state index contributed by atoms with van der Waals surface area (Å²) in [5.41, 5.74) is 2.48. The van der Waals surface area contributed by atoms with Crippen LogP contribution in [0.1, 0.15) is 11.1 Å². The first-order valence-corrected chi connectivity index (χ1v) is 5.34. The van der Waals surface area contributed by atoms with Crippen LogP contribution in [0.25, 0.3) is 0 Å². The van der Waals surface area contributed by atoms with E-state index in [2.05, 4.69) is 10.3 Å². The van der Waals surface area contributed by atoms with Crippen LogP contribution in [-0.2, 0) is 12.8 Å². The van der Waals surface area contributed by atoms with Crippen LogP contribution in [0.3, 0.4) is 0 Å². The third kappa shape index (κ3) is 1.52. The summed E-state index contributed by atoms with van der Waals surface area (Å²) in [5.74, 6) is 0.453. The summed E-state index contributed by atoms with van der Waals surface area (Å²) in [6.07, 6.45) is 3.82. The van der Waals surface area contributed by atoms with Crippen molar-refractivity contribution in [2.45, 2.75) is 18.9 Å². The molecule has 0 fully saturated rings. The fourth-order valence-corrected chi connectivity index (χ4v) is 2.56. The summed E-state index contributed by atoms with van der Waals surface area (Å²) in [4.78, 5) is 4.18. The quantitative estimate of drug-likeness (QED) is 0.737. The molecule has 2 nitrogen and oxygen atoms in total. The molecule has 2 atom stereocenters. The van der Waals surface area contributed by atoms with Crippen LogP contribution in [0.2, 0.25) is 0 Å². The van der Waals surface area contributed by atoms with Crippen LogP contribution in [0.5, 0.6) is 0 Å². The van der Waals surface area contributed by atoms with Crippen molar-refractivity contribution in [1.82, 2.24) is 5.32 Å². The molecule has 3 rings (SSSR count). The molecule has 1 aromatic carbocycles. The minimum absolute atomic E-state index is 0.120. The molecule has 0 bridgehead atoms. The van der Waals surface area contributed by atoms with E-state index in [4.69, 9.17) is 0 Å². The normalized spacial score (nSPS) is 27.8. The van der Waals surface area contributed by atoms with E-state index in [1.54, 1.807) is 18.5 Å². The molecule has 2 aliphatic rings. The van der Waals surface area contributed by atoms with E-state index >= 15 is 0 Å². The van der Waals surface area contributed by atoms with E-state index < -0.39 is 0 Å². The zero-order valence-electron chi connectivity index (χ0n) is 8.41. The number of hydrogen-bond donors (Lipinski definition) is 1. The minimum Gasteiger partial charge on any atom is -0.372 e. The van der Waals surface area contributed by atoms with Crippen molar-refractivity contribution in [2.24, 2.45) is 10.9 Å². The minimum atomic E-state index is -0.120. The highest BCUT2D eigenvalue weighted by Crippen LogP contribution is 2.30. The van der Waals surface area contributed by atoms with E-state index in [1.807, 2.05) is 6.07 Å². The van der Waals surface area contributed by atoms with Crippen molar-refractivity contribution in [3.63, 3.8) is 0 Å². The van der Waals surface area contributed by atoms with Gasteiger partial charge in [-0.15, -0.1) is 0 Å². The third-order valence-corrected chi connectivity index (χ3v) is 3.38. The topological polar surface area (TPSA) is 24.4 Å². The van der Waals surface area contributed by atoms with Crippen molar-refractivity contribution < 1.29 is 4.39 Å². The number of hydrogen-bond acceptors (Lipinski definition) is 2. The smallest absolute Gasteiger partial charge is 0.123 e. The number of halogens is 1. The average molecular weight is 204 g/mol. The maximum absolute atomic E-state index is 13.0. The maximum Gasteiger partial charge on any atom is 0.123 e. The Labute approximate surface area is 88.2 Å². The summed E-state index contributed by atoms with van der Waals surface area (Å²) < 4.78 is 13.0. The highest BCUT2D eigenvalue weighted by molar-refractivity contribution is 5.57. The molecule has 0 aromatic heterocycles. The molecular formula is C12H13FN2. The summed E-state index contributed by atoms with van der Waals surface area (Å²) >= 11 is 0. The molecule has 78 valence electrons. The molecule has 0 amide bonds. The number of fused-ring (bicyclic) bond motifs is 1. The average Bonchev–Trinajstić information content (AvgIpc) is 2.84. The van der Waals surface area contributed by atoms with Crippen molar-refractivity contribution >= 4 is 6.34 Å². The fraction of sp³-hybridized carbons (Fsp3) is 0.417. The Morgan fingerprint density at radius 2 is 2.13 bits per heavy atom. The van der Waals surface area contributed by atoms with Gasteiger partial charge in [0.2, 0.25) is 0 Å². The second kappa shape index (κ2) is 3.33. The summed E-state index contributed by atoms with van der Waals surface area (Å²) in [6, 6.07) is 5.59. The summed E-state index contributed by atoms with van der Waals surface area (Å²) in [5, 5.41) is 3.26. The van der Waals surface area contributed by atoms with Gasteiger partial charge in [0, 0.05) is 6.04 Å². The van der Waals surface area contributed by atoms with Gasteiger partial charge in [0.15, 0.2) is 0 Å². The molecule has 1 aromatic rings. The summed E-state index contributed by atoms with van der Waals surface area (Å²) in [7, 11) is 0. The maximum atomic E-state index is 13.0. The third-order valence-electron chi connectivity index (χ3n) is 3.38. The van der Waals surface area contributed by atoms with Crippen LogP contribution in [-0.4, -0.2) is 18.9 Å². The van der Waals surface area contributed by atoms with Gasteiger partial charge >= 0.3 is 0 Å². The first-order valence-electron chi connectivity index (χ1n) is 5.34. The Morgan fingerprint density at radius 1 is 1.27 bits per heavy atom. The Hall–Kier alpha value is -1.38. The molecule has 15 heavy (non-hydrogen) atoms. The lowest BCUT2D eigenvalue weighted by Gasteiger charge is -2.16. The molecule has 0 spiro atoms. The molecule has 1 heterocycles. The monoisotopic (exact) mass is 204 g/mol. The van der Waals surface area contributed by atoms with E-state index in [0.717, 1.165) is 19.4 Å². The molecule has 0 saturated heterocycles. The molecule has 1 aliphatic heterocycles. The molecule has 1 aliphatic carbocycles. The van der Waals surface area contributed by atoms with Crippen LogP contribution in [0.4, 0.5) is 4.39 Å². The first kappa shape index (κ1) is 8.89. The molecular weight excluding hydrogens is 191 g/mol. The largest absolute Gasteiger partial charge is 0.372 e. The van der Waals surface area contributed by atoms with Gasteiger partial charge in [-0.2, -0.15) is 0 Å². The molecule has 2 unspecified atom stereocenters. The standard InChI is InChI=1S/C12H13FN2/c13-11-2-1-8-3-10(4-9(8)5-11)12-6-14-7-15-12/h1-2,5,7,10,12H,3-4,6H2,(H,14,15). The number of nitrogens with one attached hydrogen (secondary N) is 1.